The highest BCUT2D eigenvalue weighted by Crippen LogP contribution is 2.39. The van der Waals surface area contributed by atoms with Gasteiger partial charge >= 0.3 is 0 Å². The van der Waals surface area contributed by atoms with Crippen molar-refractivity contribution >= 4 is 17.4 Å². The van der Waals surface area contributed by atoms with E-state index >= 15 is 0 Å². The summed E-state index contributed by atoms with van der Waals surface area (Å²) in [5.41, 5.74) is 1.60. The molecule has 0 saturated carbocycles. The molecular weight excluding hydrogens is 354 g/mol. The third-order valence-electron chi connectivity index (χ3n) is 4.88. The van der Waals surface area contributed by atoms with Crippen molar-refractivity contribution in [3.05, 3.63) is 102 Å². The summed E-state index contributed by atoms with van der Waals surface area (Å²) >= 11 is 0. The van der Waals surface area contributed by atoms with Crippen LogP contribution < -0.4 is 0 Å². The summed E-state index contributed by atoms with van der Waals surface area (Å²) in [7, 11) is 0. The predicted octanol–water partition coefficient (Wildman–Crippen LogP) is 3.94. The topological polar surface area (TPSA) is 70.8 Å². The Labute approximate surface area is 162 Å². The van der Waals surface area contributed by atoms with Crippen LogP contribution in [0.3, 0.4) is 0 Å². The van der Waals surface area contributed by atoms with E-state index in [0.717, 1.165) is 5.56 Å². The highest BCUT2D eigenvalue weighted by atomic mass is 16.3. The summed E-state index contributed by atoms with van der Waals surface area (Å²) in [6, 6.07) is 21.2. The van der Waals surface area contributed by atoms with Crippen molar-refractivity contribution < 1.29 is 19.1 Å². The molecule has 1 unspecified atom stereocenters. The number of ketones is 1. The van der Waals surface area contributed by atoms with Crippen molar-refractivity contribution in [3.63, 3.8) is 0 Å². The van der Waals surface area contributed by atoms with Crippen molar-refractivity contribution in [1.29, 1.82) is 0 Å². The standard InChI is InChI=1S/C23H19NO4/c25-21(17-10-5-2-6-11-17)19-20(18-12-7-15-28-18)24(23(27)22(19)26)14-13-16-8-3-1-4-9-16/h1-12,15,20,25H,13-14H2. The minimum Gasteiger partial charge on any atom is -0.507 e. The lowest BCUT2D eigenvalue weighted by molar-refractivity contribution is -0.140. The van der Waals surface area contributed by atoms with Crippen LogP contribution in [0.25, 0.3) is 5.76 Å². The zero-order valence-electron chi connectivity index (χ0n) is 15.1. The fourth-order valence-electron chi connectivity index (χ4n) is 3.50. The summed E-state index contributed by atoms with van der Waals surface area (Å²) in [5, 5.41) is 10.8. The van der Waals surface area contributed by atoms with E-state index < -0.39 is 17.7 Å². The largest absolute Gasteiger partial charge is 0.507 e. The fraction of sp³-hybridized carbons (Fsp3) is 0.130. The van der Waals surface area contributed by atoms with Gasteiger partial charge in [0.25, 0.3) is 11.7 Å². The first kappa shape index (κ1) is 17.8. The van der Waals surface area contributed by atoms with Crippen LogP contribution in [0.15, 0.2) is 89.0 Å². The van der Waals surface area contributed by atoms with Crippen LogP contribution in [-0.2, 0) is 16.0 Å². The lowest BCUT2D eigenvalue weighted by Gasteiger charge is -2.23. The van der Waals surface area contributed by atoms with E-state index in [1.807, 2.05) is 36.4 Å². The lowest BCUT2D eigenvalue weighted by Crippen LogP contribution is -2.31. The van der Waals surface area contributed by atoms with Gasteiger partial charge in [-0.25, -0.2) is 0 Å². The van der Waals surface area contributed by atoms with Gasteiger partial charge in [-0.3, -0.25) is 9.59 Å². The molecule has 1 amide bonds. The van der Waals surface area contributed by atoms with E-state index in [0.29, 0.717) is 24.3 Å². The van der Waals surface area contributed by atoms with Crippen LogP contribution in [0.5, 0.6) is 0 Å². The van der Waals surface area contributed by atoms with Crippen molar-refractivity contribution in [2.45, 2.75) is 12.5 Å². The first-order chi connectivity index (χ1) is 13.7. The molecule has 4 rings (SSSR count). The van der Waals surface area contributed by atoms with E-state index in [9.17, 15) is 14.7 Å². The summed E-state index contributed by atoms with van der Waals surface area (Å²) < 4.78 is 5.52. The highest BCUT2D eigenvalue weighted by Gasteiger charge is 2.47. The number of furan rings is 1. The summed E-state index contributed by atoms with van der Waals surface area (Å²) in [6.07, 6.45) is 2.09. The quantitative estimate of drug-likeness (QED) is 0.418. The van der Waals surface area contributed by atoms with Crippen molar-refractivity contribution in [3.8, 4) is 0 Å². The number of carbonyl (C=O) groups excluding carboxylic acids is 2. The summed E-state index contributed by atoms with van der Waals surface area (Å²) in [6.45, 7) is 0.339. The predicted molar refractivity (Wildman–Crippen MR) is 104 cm³/mol. The second-order valence-electron chi connectivity index (χ2n) is 6.61. The fourth-order valence-corrected chi connectivity index (χ4v) is 3.50. The van der Waals surface area contributed by atoms with Gasteiger partial charge in [0.15, 0.2) is 0 Å². The van der Waals surface area contributed by atoms with Gasteiger partial charge in [0.1, 0.15) is 17.6 Å². The van der Waals surface area contributed by atoms with E-state index in [4.69, 9.17) is 4.42 Å². The number of likely N-dealkylation sites (tertiary alicyclic amines) is 1. The third kappa shape index (κ3) is 3.22. The van der Waals surface area contributed by atoms with Crippen LogP contribution in [-0.4, -0.2) is 28.2 Å². The molecular formula is C23H19NO4. The molecule has 5 nitrogen and oxygen atoms in total. The first-order valence-electron chi connectivity index (χ1n) is 9.08. The van der Waals surface area contributed by atoms with Gasteiger partial charge in [-0.1, -0.05) is 60.7 Å². The summed E-state index contributed by atoms with van der Waals surface area (Å²) in [4.78, 5) is 27.0. The molecule has 28 heavy (non-hydrogen) atoms. The van der Waals surface area contributed by atoms with Crippen LogP contribution >= 0.6 is 0 Å². The molecule has 1 aliphatic heterocycles. The zero-order valence-corrected chi connectivity index (χ0v) is 15.1. The lowest BCUT2D eigenvalue weighted by atomic mass is 9.99. The van der Waals surface area contributed by atoms with Gasteiger partial charge in [0, 0.05) is 12.1 Å². The molecule has 1 fully saturated rings. The Morgan fingerprint density at radius 3 is 2.25 bits per heavy atom. The number of rotatable bonds is 5. The maximum Gasteiger partial charge on any atom is 0.295 e. The Kier molecular flexibility index (Phi) is 4.81. The van der Waals surface area contributed by atoms with Gasteiger partial charge in [-0.2, -0.15) is 0 Å². The molecule has 1 aliphatic rings. The number of benzene rings is 2. The maximum atomic E-state index is 12.8. The molecule has 1 aromatic heterocycles. The molecule has 1 saturated heterocycles. The van der Waals surface area contributed by atoms with Gasteiger partial charge < -0.3 is 14.4 Å². The van der Waals surface area contributed by atoms with Crippen molar-refractivity contribution in [2.75, 3.05) is 6.54 Å². The van der Waals surface area contributed by atoms with E-state index in [1.165, 1.54) is 11.2 Å². The second-order valence-corrected chi connectivity index (χ2v) is 6.61. The minimum atomic E-state index is -0.751. The van der Waals surface area contributed by atoms with Crippen LogP contribution in [0.4, 0.5) is 0 Å². The van der Waals surface area contributed by atoms with Crippen LogP contribution in [0.1, 0.15) is 22.9 Å². The molecule has 2 aromatic carbocycles. The molecule has 1 atom stereocenters. The molecule has 5 heteroatoms. The molecule has 0 bridgehead atoms. The number of nitrogens with zero attached hydrogens (tertiary/aromatic N) is 1. The maximum absolute atomic E-state index is 12.8. The Morgan fingerprint density at radius 2 is 1.61 bits per heavy atom. The normalized spacial score (nSPS) is 18.6. The van der Waals surface area contributed by atoms with Crippen LogP contribution in [0, 0.1) is 0 Å². The SMILES string of the molecule is O=C1C(=O)N(CCc2ccccc2)C(c2ccco2)C1=C(O)c1ccccc1. The zero-order chi connectivity index (χ0) is 19.5. The second kappa shape index (κ2) is 7.56. The minimum absolute atomic E-state index is 0.0548. The van der Waals surface area contributed by atoms with Gasteiger partial charge in [-0.15, -0.1) is 0 Å². The first-order valence-corrected chi connectivity index (χ1v) is 9.08. The molecule has 0 aliphatic carbocycles. The van der Waals surface area contributed by atoms with Crippen molar-refractivity contribution in [1.82, 2.24) is 4.90 Å². The summed E-state index contributed by atoms with van der Waals surface area (Å²) in [5.74, 6) is -1.07. The van der Waals surface area contributed by atoms with E-state index in [1.54, 1.807) is 36.4 Å². The van der Waals surface area contributed by atoms with Crippen LogP contribution in [0.2, 0.25) is 0 Å². The van der Waals surface area contributed by atoms with E-state index in [-0.39, 0.29) is 11.3 Å². The number of carbonyl (C=O) groups is 2. The smallest absolute Gasteiger partial charge is 0.295 e. The number of hydrogen-bond acceptors (Lipinski definition) is 4. The number of hydrogen-bond donors (Lipinski definition) is 1. The monoisotopic (exact) mass is 373 g/mol. The Morgan fingerprint density at radius 1 is 0.929 bits per heavy atom. The number of aliphatic hydroxyl groups excluding tert-OH is 1. The third-order valence-corrected chi connectivity index (χ3v) is 4.88. The number of aliphatic hydroxyl groups is 1. The Bertz CT molecular complexity index is 1010. The van der Waals surface area contributed by atoms with E-state index in [2.05, 4.69) is 0 Å². The average Bonchev–Trinajstić information content (AvgIpc) is 3.35. The molecule has 0 spiro atoms. The molecule has 1 N–H and O–H groups in total. The van der Waals surface area contributed by atoms with Gasteiger partial charge in [-0.05, 0) is 24.1 Å². The number of amides is 1. The number of Topliss-reactive ketones (excluding diaryl/α,β-unsaturated/α-hetero) is 1. The average molecular weight is 373 g/mol. The Balaban J connectivity index is 1.74. The van der Waals surface area contributed by atoms with Crippen molar-refractivity contribution in [2.24, 2.45) is 0 Å². The Hall–Kier alpha value is -3.60. The molecule has 0 radical (unpaired) electrons. The van der Waals surface area contributed by atoms with Gasteiger partial charge in [0.2, 0.25) is 0 Å². The highest BCUT2D eigenvalue weighted by molar-refractivity contribution is 6.46. The molecule has 3 aromatic rings. The molecule has 140 valence electrons. The molecule has 2 heterocycles. The van der Waals surface area contributed by atoms with Gasteiger partial charge in [0.05, 0.1) is 11.8 Å².